The van der Waals surface area contributed by atoms with Crippen LogP contribution in [0.15, 0.2) is 0 Å². The topological polar surface area (TPSA) is 40.5 Å². The maximum atomic E-state index is 11.8. The van der Waals surface area contributed by atoms with E-state index in [0.29, 0.717) is 11.5 Å². The highest BCUT2D eigenvalue weighted by molar-refractivity contribution is 5.58. The summed E-state index contributed by atoms with van der Waals surface area (Å²) in [4.78, 5) is 0. The molecule has 0 atom stereocenters. The summed E-state index contributed by atoms with van der Waals surface area (Å²) in [5, 5.41) is 23.6. The molecule has 0 unspecified atom stereocenters. The zero-order valence-electron chi connectivity index (χ0n) is 27.7. The van der Waals surface area contributed by atoms with Crippen LogP contribution in [-0.2, 0) is 25.7 Å². The van der Waals surface area contributed by atoms with E-state index in [1.54, 1.807) is 0 Å². The minimum absolute atomic E-state index is 0.557. The molecule has 0 heterocycles. The smallest absolute Gasteiger partial charge is 0.122 e. The molecule has 0 aromatic heterocycles. The highest BCUT2D eigenvalue weighted by Crippen LogP contribution is 2.41. The van der Waals surface area contributed by atoms with Crippen LogP contribution in [0, 0.1) is 0 Å². The number of benzene rings is 1. The molecule has 2 heteroatoms. The van der Waals surface area contributed by atoms with Crippen LogP contribution in [-0.4, -0.2) is 10.2 Å². The van der Waals surface area contributed by atoms with E-state index < -0.39 is 0 Å². The number of phenolic OH excluding ortho intramolecular Hbond substituents is 2. The summed E-state index contributed by atoms with van der Waals surface area (Å²) < 4.78 is 0. The lowest BCUT2D eigenvalue weighted by atomic mass is 9.85. The Kier molecular flexibility index (Phi) is 23.5. The van der Waals surface area contributed by atoms with Crippen LogP contribution in [0.25, 0.3) is 0 Å². The third-order valence-corrected chi connectivity index (χ3v) is 8.99. The van der Waals surface area contributed by atoms with Gasteiger partial charge in [0.15, 0.2) is 0 Å². The van der Waals surface area contributed by atoms with Gasteiger partial charge in [-0.2, -0.15) is 0 Å². The number of unbranched alkanes of at least 4 members (excludes halogenated alkanes) is 20. The molecule has 1 rings (SSSR count). The van der Waals surface area contributed by atoms with Crippen molar-refractivity contribution in [3.05, 3.63) is 22.3 Å². The van der Waals surface area contributed by atoms with Gasteiger partial charge in [0.05, 0.1) is 0 Å². The summed E-state index contributed by atoms with van der Waals surface area (Å²) in [5.41, 5.74) is 4.37. The molecular formula is C38H70O2. The molecule has 0 fully saturated rings. The van der Waals surface area contributed by atoms with E-state index in [1.807, 2.05) is 0 Å². The molecule has 1 aromatic rings. The van der Waals surface area contributed by atoms with Crippen LogP contribution >= 0.6 is 0 Å². The van der Waals surface area contributed by atoms with E-state index in [4.69, 9.17) is 0 Å². The van der Waals surface area contributed by atoms with Gasteiger partial charge in [0, 0.05) is 22.3 Å². The second-order valence-electron chi connectivity index (χ2n) is 12.7. The molecule has 40 heavy (non-hydrogen) atoms. The molecule has 0 aliphatic heterocycles. The summed E-state index contributed by atoms with van der Waals surface area (Å²) in [6.07, 6.45) is 33.9. The Morgan fingerprint density at radius 1 is 0.275 bits per heavy atom. The molecule has 0 bridgehead atoms. The molecule has 2 nitrogen and oxygen atoms in total. The number of hydrogen-bond donors (Lipinski definition) is 2. The van der Waals surface area contributed by atoms with Gasteiger partial charge in [-0.1, -0.05) is 156 Å². The van der Waals surface area contributed by atoms with Gasteiger partial charge in [-0.15, -0.1) is 0 Å². The first-order valence-corrected chi connectivity index (χ1v) is 18.2. The standard InChI is InChI=1S/C38H70O2/c1-5-9-13-17-21-25-29-33-34(30-26-22-18-14-10-6-2)38(40)36(32-28-24-20-16-12-8-4)35(37(33)39)31-27-23-19-15-11-7-3/h39-40H,5-32H2,1-4H3. The van der Waals surface area contributed by atoms with Gasteiger partial charge >= 0.3 is 0 Å². The van der Waals surface area contributed by atoms with Crippen molar-refractivity contribution in [2.24, 2.45) is 0 Å². The van der Waals surface area contributed by atoms with E-state index in [1.165, 1.54) is 128 Å². The van der Waals surface area contributed by atoms with E-state index >= 15 is 0 Å². The predicted molar refractivity (Wildman–Crippen MR) is 178 cm³/mol. The van der Waals surface area contributed by atoms with Gasteiger partial charge in [0.1, 0.15) is 11.5 Å². The third kappa shape index (κ3) is 15.7. The van der Waals surface area contributed by atoms with E-state index in [2.05, 4.69) is 27.7 Å². The lowest BCUT2D eigenvalue weighted by molar-refractivity contribution is 0.429. The first kappa shape index (κ1) is 36.8. The number of aromatic hydroxyl groups is 2. The van der Waals surface area contributed by atoms with E-state index in [9.17, 15) is 10.2 Å². The molecule has 234 valence electrons. The van der Waals surface area contributed by atoms with Crippen LogP contribution in [0.5, 0.6) is 11.5 Å². The Bertz CT molecular complexity index is 605. The maximum absolute atomic E-state index is 11.8. The molecule has 0 aliphatic carbocycles. The van der Waals surface area contributed by atoms with E-state index in [0.717, 1.165) is 73.6 Å². The monoisotopic (exact) mass is 559 g/mol. The third-order valence-electron chi connectivity index (χ3n) is 8.99. The highest BCUT2D eigenvalue weighted by atomic mass is 16.3. The summed E-state index contributed by atoms with van der Waals surface area (Å²) in [6, 6.07) is 0. The highest BCUT2D eigenvalue weighted by Gasteiger charge is 2.22. The summed E-state index contributed by atoms with van der Waals surface area (Å²) >= 11 is 0. The summed E-state index contributed by atoms with van der Waals surface area (Å²) in [6.45, 7) is 9.09. The van der Waals surface area contributed by atoms with Gasteiger partial charge in [0.25, 0.3) is 0 Å². The van der Waals surface area contributed by atoms with Crippen molar-refractivity contribution in [1.29, 1.82) is 0 Å². The largest absolute Gasteiger partial charge is 0.507 e. The second kappa shape index (κ2) is 25.5. The predicted octanol–water partition coefficient (Wildman–Crippen LogP) is 12.7. The Morgan fingerprint density at radius 3 is 0.650 bits per heavy atom. The SMILES string of the molecule is CCCCCCCCc1c(O)c(CCCCCCCC)c(CCCCCCCC)c(O)c1CCCCCCCC. The fourth-order valence-corrected chi connectivity index (χ4v) is 6.34. The fraction of sp³-hybridized carbons (Fsp3) is 0.842. The van der Waals surface area contributed by atoms with Crippen molar-refractivity contribution >= 4 is 0 Å². The van der Waals surface area contributed by atoms with Crippen LogP contribution in [0.2, 0.25) is 0 Å². The van der Waals surface area contributed by atoms with Crippen molar-refractivity contribution in [2.45, 2.75) is 207 Å². The van der Waals surface area contributed by atoms with Crippen LogP contribution in [0.3, 0.4) is 0 Å². The van der Waals surface area contributed by atoms with Gasteiger partial charge in [-0.25, -0.2) is 0 Å². The van der Waals surface area contributed by atoms with Crippen LogP contribution < -0.4 is 0 Å². The Labute approximate surface area is 251 Å². The molecule has 0 saturated heterocycles. The van der Waals surface area contributed by atoms with Crippen molar-refractivity contribution in [3.63, 3.8) is 0 Å². The molecular weight excluding hydrogens is 488 g/mol. The number of hydrogen-bond acceptors (Lipinski definition) is 2. The Balaban J connectivity index is 3.11. The number of rotatable bonds is 28. The normalized spacial score (nSPS) is 11.5. The zero-order chi connectivity index (χ0) is 29.3. The lowest BCUT2D eigenvalue weighted by Crippen LogP contribution is -2.06. The molecule has 0 radical (unpaired) electrons. The quantitative estimate of drug-likeness (QED) is 0.0793. The number of phenols is 2. The maximum Gasteiger partial charge on any atom is 0.122 e. The Morgan fingerprint density at radius 2 is 0.450 bits per heavy atom. The molecule has 1 aromatic carbocycles. The zero-order valence-corrected chi connectivity index (χ0v) is 27.7. The Hall–Kier alpha value is -1.18. The minimum Gasteiger partial charge on any atom is -0.507 e. The molecule has 0 aliphatic rings. The molecule has 2 N–H and O–H groups in total. The van der Waals surface area contributed by atoms with Crippen molar-refractivity contribution < 1.29 is 10.2 Å². The summed E-state index contributed by atoms with van der Waals surface area (Å²) in [5.74, 6) is 1.11. The van der Waals surface area contributed by atoms with Gasteiger partial charge in [0.2, 0.25) is 0 Å². The molecule has 0 saturated carbocycles. The van der Waals surface area contributed by atoms with Crippen LogP contribution in [0.4, 0.5) is 0 Å². The fourth-order valence-electron chi connectivity index (χ4n) is 6.34. The minimum atomic E-state index is 0.557. The van der Waals surface area contributed by atoms with Gasteiger partial charge in [-0.05, 0) is 51.4 Å². The van der Waals surface area contributed by atoms with Gasteiger partial charge in [-0.3, -0.25) is 0 Å². The molecule has 0 spiro atoms. The average Bonchev–Trinajstić information content (AvgIpc) is 2.96. The first-order chi connectivity index (χ1) is 19.6. The van der Waals surface area contributed by atoms with Crippen molar-refractivity contribution in [2.75, 3.05) is 0 Å². The van der Waals surface area contributed by atoms with Crippen molar-refractivity contribution in [3.8, 4) is 11.5 Å². The van der Waals surface area contributed by atoms with Crippen molar-refractivity contribution in [1.82, 2.24) is 0 Å². The summed E-state index contributed by atoms with van der Waals surface area (Å²) in [7, 11) is 0. The lowest BCUT2D eigenvalue weighted by Gasteiger charge is -2.22. The van der Waals surface area contributed by atoms with E-state index in [-0.39, 0.29) is 0 Å². The molecule has 0 amide bonds. The second-order valence-corrected chi connectivity index (χ2v) is 12.7. The van der Waals surface area contributed by atoms with Crippen LogP contribution in [0.1, 0.15) is 204 Å². The first-order valence-electron chi connectivity index (χ1n) is 18.2. The average molecular weight is 559 g/mol. The van der Waals surface area contributed by atoms with Gasteiger partial charge < -0.3 is 10.2 Å².